The molecule has 1 amide bonds. The van der Waals surface area contributed by atoms with Gasteiger partial charge in [0.05, 0.1) is 25.7 Å². The van der Waals surface area contributed by atoms with Crippen LogP contribution in [0.2, 0.25) is 0 Å². The molecule has 5 nitrogen and oxygen atoms in total. The molecule has 2 N–H and O–H groups in total. The second-order valence-electron chi connectivity index (χ2n) is 6.77. The summed E-state index contributed by atoms with van der Waals surface area (Å²) in [5.74, 6) is -2.39. The Kier molecular flexibility index (Phi) is 9.21. The number of carbonyl (C=O) groups is 1. The molecule has 2 unspecified atom stereocenters. The Morgan fingerprint density at radius 3 is 2.67 bits per heavy atom. The van der Waals surface area contributed by atoms with E-state index in [0.717, 1.165) is 37.2 Å². The fourth-order valence-electron chi connectivity index (χ4n) is 3.58. The SMILES string of the molecule is COc1cccc(C(CNC(=O)C2CC(F)(F)CN2)N2CCCC2)c1.Cl.Cl. The summed E-state index contributed by atoms with van der Waals surface area (Å²) in [6.07, 6.45) is 1.82. The molecule has 154 valence electrons. The monoisotopic (exact) mass is 425 g/mol. The lowest BCUT2D eigenvalue weighted by Gasteiger charge is -2.29. The number of likely N-dealkylation sites (tertiary alicyclic amines) is 1. The quantitative estimate of drug-likeness (QED) is 0.735. The Hall–Kier alpha value is -1.15. The Morgan fingerprint density at radius 2 is 2.07 bits per heavy atom. The summed E-state index contributed by atoms with van der Waals surface area (Å²) in [5, 5.41) is 5.46. The van der Waals surface area contributed by atoms with Gasteiger partial charge in [0.1, 0.15) is 5.75 Å². The van der Waals surface area contributed by atoms with Crippen molar-refractivity contribution in [1.82, 2.24) is 15.5 Å². The molecular formula is C18H27Cl2F2N3O2. The first-order valence-electron chi connectivity index (χ1n) is 8.75. The van der Waals surface area contributed by atoms with Gasteiger partial charge in [0.15, 0.2) is 0 Å². The standard InChI is InChI=1S/C18H25F2N3O2.2ClH/c1-25-14-6-4-5-13(9-14)16(23-7-2-3-8-23)11-21-17(24)15-10-18(19,20)12-22-15;;/h4-6,9,15-16,22H,2-3,7-8,10-12H2,1H3,(H,21,24);2*1H. The summed E-state index contributed by atoms with van der Waals surface area (Å²) in [6.45, 7) is 1.90. The van der Waals surface area contributed by atoms with Crippen LogP contribution in [0.5, 0.6) is 5.75 Å². The van der Waals surface area contributed by atoms with Gasteiger partial charge in [0.25, 0.3) is 5.92 Å². The van der Waals surface area contributed by atoms with Crippen molar-refractivity contribution in [2.24, 2.45) is 0 Å². The zero-order valence-corrected chi connectivity index (χ0v) is 16.9. The molecule has 0 aliphatic carbocycles. The highest BCUT2D eigenvalue weighted by molar-refractivity contribution is 5.85. The number of amides is 1. The number of methoxy groups -OCH3 is 1. The van der Waals surface area contributed by atoms with E-state index in [2.05, 4.69) is 15.5 Å². The van der Waals surface area contributed by atoms with Gasteiger partial charge in [-0.15, -0.1) is 24.8 Å². The molecule has 2 aliphatic heterocycles. The maximum absolute atomic E-state index is 13.3. The summed E-state index contributed by atoms with van der Waals surface area (Å²) < 4.78 is 31.9. The number of nitrogens with zero attached hydrogens (tertiary/aromatic N) is 1. The average molecular weight is 426 g/mol. The van der Waals surface area contributed by atoms with Gasteiger partial charge in [0.2, 0.25) is 5.91 Å². The van der Waals surface area contributed by atoms with Crippen molar-refractivity contribution >= 4 is 30.7 Å². The lowest BCUT2D eigenvalue weighted by Crippen LogP contribution is -2.44. The van der Waals surface area contributed by atoms with Crippen molar-refractivity contribution < 1.29 is 18.3 Å². The number of benzene rings is 1. The molecule has 2 aliphatic rings. The molecule has 0 spiro atoms. The van der Waals surface area contributed by atoms with E-state index < -0.39 is 24.9 Å². The molecule has 2 fully saturated rings. The van der Waals surface area contributed by atoms with Crippen LogP contribution in [-0.4, -0.2) is 56.1 Å². The summed E-state index contributed by atoms with van der Waals surface area (Å²) in [6, 6.07) is 6.99. The highest BCUT2D eigenvalue weighted by Crippen LogP contribution is 2.28. The highest BCUT2D eigenvalue weighted by atomic mass is 35.5. The van der Waals surface area contributed by atoms with Gasteiger partial charge < -0.3 is 10.1 Å². The Bertz CT molecular complexity index is 616. The van der Waals surface area contributed by atoms with E-state index in [0.29, 0.717) is 6.54 Å². The molecule has 0 radical (unpaired) electrons. The molecule has 1 aromatic rings. The van der Waals surface area contributed by atoms with Crippen molar-refractivity contribution in [2.45, 2.75) is 37.3 Å². The van der Waals surface area contributed by atoms with Crippen LogP contribution in [-0.2, 0) is 4.79 Å². The molecule has 2 saturated heterocycles. The minimum absolute atomic E-state index is 0. The third-order valence-corrected chi connectivity index (χ3v) is 4.96. The molecule has 2 atom stereocenters. The predicted octanol–water partition coefficient (Wildman–Crippen LogP) is 2.79. The summed E-state index contributed by atoms with van der Waals surface area (Å²) >= 11 is 0. The summed E-state index contributed by atoms with van der Waals surface area (Å²) in [7, 11) is 1.62. The second kappa shape index (κ2) is 10.4. The van der Waals surface area contributed by atoms with Gasteiger partial charge >= 0.3 is 0 Å². The van der Waals surface area contributed by atoms with Crippen molar-refractivity contribution in [1.29, 1.82) is 0 Å². The van der Waals surface area contributed by atoms with Gasteiger partial charge in [-0.25, -0.2) is 8.78 Å². The van der Waals surface area contributed by atoms with Gasteiger partial charge in [0, 0.05) is 13.0 Å². The van der Waals surface area contributed by atoms with Crippen LogP contribution >= 0.6 is 24.8 Å². The van der Waals surface area contributed by atoms with Crippen molar-refractivity contribution in [3.63, 3.8) is 0 Å². The first-order chi connectivity index (χ1) is 12.0. The lowest BCUT2D eigenvalue weighted by atomic mass is 10.0. The van der Waals surface area contributed by atoms with Crippen LogP contribution in [0.3, 0.4) is 0 Å². The van der Waals surface area contributed by atoms with Gasteiger partial charge in [-0.1, -0.05) is 12.1 Å². The van der Waals surface area contributed by atoms with Crippen LogP contribution < -0.4 is 15.4 Å². The van der Waals surface area contributed by atoms with Crippen molar-refractivity contribution in [3.8, 4) is 5.75 Å². The summed E-state index contributed by atoms with van der Waals surface area (Å²) in [4.78, 5) is 14.6. The Labute approximate surface area is 171 Å². The minimum Gasteiger partial charge on any atom is -0.497 e. The topological polar surface area (TPSA) is 53.6 Å². The maximum Gasteiger partial charge on any atom is 0.262 e. The van der Waals surface area contributed by atoms with Crippen molar-refractivity contribution in [3.05, 3.63) is 29.8 Å². The van der Waals surface area contributed by atoms with E-state index in [1.54, 1.807) is 7.11 Å². The molecule has 27 heavy (non-hydrogen) atoms. The number of ether oxygens (including phenoxy) is 1. The van der Waals surface area contributed by atoms with Crippen LogP contribution in [0, 0.1) is 0 Å². The van der Waals surface area contributed by atoms with E-state index in [-0.39, 0.29) is 36.8 Å². The third-order valence-electron chi connectivity index (χ3n) is 4.96. The number of hydrogen-bond acceptors (Lipinski definition) is 4. The molecule has 1 aromatic carbocycles. The van der Waals surface area contributed by atoms with E-state index in [4.69, 9.17) is 4.74 Å². The molecule has 9 heteroatoms. The van der Waals surface area contributed by atoms with Crippen LogP contribution in [0.15, 0.2) is 24.3 Å². The first-order valence-corrected chi connectivity index (χ1v) is 8.75. The zero-order valence-electron chi connectivity index (χ0n) is 15.2. The Balaban J connectivity index is 0.00000182. The highest BCUT2D eigenvalue weighted by Gasteiger charge is 2.42. The third kappa shape index (κ3) is 6.17. The van der Waals surface area contributed by atoms with Gasteiger partial charge in [-0.3, -0.25) is 15.0 Å². The van der Waals surface area contributed by atoms with E-state index in [1.165, 1.54) is 0 Å². The first kappa shape index (κ1) is 23.9. The molecular weight excluding hydrogens is 399 g/mol. The molecule has 0 aromatic heterocycles. The minimum atomic E-state index is -2.80. The predicted molar refractivity (Wildman–Crippen MR) is 105 cm³/mol. The largest absolute Gasteiger partial charge is 0.497 e. The van der Waals surface area contributed by atoms with Crippen molar-refractivity contribution in [2.75, 3.05) is 33.3 Å². The molecule has 2 heterocycles. The van der Waals surface area contributed by atoms with Gasteiger partial charge in [-0.2, -0.15) is 0 Å². The lowest BCUT2D eigenvalue weighted by molar-refractivity contribution is -0.123. The van der Waals surface area contributed by atoms with Crippen LogP contribution in [0.4, 0.5) is 8.78 Å². The number of halogens is 4. The van der Waals surface area contributed by atoms with E-state index in [1.807, 2.05) is 24.3 Å². The normalized spacial score (nSPS) is 22.4. The number of alkyl halides is 2. The number of nitrogens with one attached hydrogen (secondary N) is 2. The second-order valence-corrected chi connectivity index (χ2v) is 6.77. The Morgan fingerprint density at radius 1 is 1.37 bits per heavy atom. The molecule has 0 saturated carbocycles. The average Bonchev–Trinajstić information content (AvgIpc) is 3.25. The zero-order chi connectivity index (χ0) is 17.9. The maximum atomic E-state index is 13.3. The van der Waals surface area contributed by atoms with E-state index >= 15 is 0 Å². The van der Waals surface area contributed by atoms with Crippen LogP contribution in [0.1, 0.15) is 30.9 Å². The molecule has 3 rings (SSSR count). The van der Waals surface area contributed by atoms with E-state index in [9.17, 15) is 13.6 Å². The fourth-order valence-corrected chi connectivity index (χ4v) is 3.58. The van der Waals surface area contributed by atoms with Crippen LogP contribution in [0.25, 0.3) is 0 Å². The fraction of sp³-hybridized carbons (Fsp3) is 0.611. The van der Waals surface area contributed by atoms with Gasteiger partial charge in [-0.05, 0) is 43.6 Å². The number of rotatable bonds is 6. The number of carbonyl (C=O) groups excluding carboxylic acids is 1. The smallest absolute Gasteiger partial charge is 0.262 e. The molecule has 0 bridgehead atoms. The summed E-state index contributed by atoms with van der Waals surface area (Å²) in [5.41, 5.74) is 1.06. The number of hydrogen-bond donors (Lipinski definition) is 2.